The standard InChI is InChI=1S/C25H20BrOP/c1-19-10-8-11-20(18-19)23-16-9-17-24(25(23)26)28(27,21-12-4-2-5-13-21)22-14-6-3-7-15-22/h2-18H,1H3. The van der Waals surface area contributed by atoms with Crippen LogP contribution in [0.5, 0.6) is 0 Å². The van der Waals surface area contributed by atoms with Gasteiger partial charge in [0.1, 0.15) is 0 Å². The molecule has 1 nitrogen and oxygen atoms in total. The van der Waals surface area contributed by atoms with Crippen molar-refractivity contribution in [2.24, 2.45) is 0 Å². The van der Waals surface area contributed by atoms with Crippen molar-refractivity contribution < 1.29 is 4.57 Å². The molecule has 0 atom stereocenters. The lowest BCUT2D eigenvalue weighted by atomic mass is 10.0. The molecule has 4 aromatic rings. The SMILES string of the molecule is Cc1cccc(-c2cccc(P(=O)(c3ccccc3)c3ccccc3)c2Br)c1. The van der Waals surface area contributed by atoms with Gasteiger partial charge in [0.25, 0.3) is 0 Å². The second kappa shape index (κ2) is 7.91. The van der Waals surface area contributed by atoms with Crippen LogP contribution in [0.25, 0.3) is 11.1 Å². The van der Waals surface area contributed by atoms with Crippen LogP contribution in [0.2, 0.25) is 0 Å². The zero-order chi connectivity index (χ0) is 19.6. The van der Waals surface area contributed by atoms with Gasteiger partial charge in [0.2, 0.25) is 0 Å². The van der Waals surface area contributed by atoms with E-state index in [4.69, 9.17) is 0 Å². The normalized spacial score (nSPS) is 11.4. The summed E-state index contributed by atoms with van der Waals surface area (Å²) < 4.78 is 15.5. The van der Waals surface area contributed by atoms with Gasteiger partial charge in [-0.25, -0.2) is 0 Å². The fourth-order valence-electron chi connectivity index (χ4n) is 3.50. The lowest BCUT2D eigenvalue weighted by Gasteiger charge is -2.22. The van der Waals surface area contributed by atoms with E-state index in [1.54, 1.807) is 0 Å². The Balaban J connectivity index is 1.99. The van der Waals surface area contributed by atoms with E-state index in [0.717, 1.165) is 31.5 Å². The Morgan fingerprint density at radius 3 is 1.82 bits per heavy atom. The largest absolute Gasteiger partial charge is 0.309 e. The molecule has 0 unspecified atom stereocenters. The van der Waals surface area contributed by atoms with E-state index < -0.39 is 7.14 Å². The minimum atomic E-state index is -3.02. The molecule has 0 aliphatic carbocycles. The first kappa shape index (κ1) is 18.9. The van der Waals surface area contributed by atoms with E-state index >= 15 is 0 Å². The molecular weight excluding hydrogens is 427 g/mol. The first-order valence-electron chi connectivity index (χ1n) is 9.18. The molecule has 0 spiro atoms. The fraction of sp³-hybridized carbons (Fsp3) is 0.0400. The Morgan fingerprint density at radius 2 is 1.25 bits per heavy atom. The summed E-state index contributed by atoms with van der Waals surface area (Å²) in [6.07, 6.45) is 0. The summed E-state index contributed by atoms with van der Waals surface area (Å²) in [7, 11) is -3.02. The van der Waals surface area contributed by atoms with E-state index in [0.29, 0.717) is 0 Å². The van der Waals surface area contributed by atoms with Crippen LogP contribution in [-0.4, -0.2) is 0 Å². The van der Waals surface area contributed by atoms with Gasteiger partial charge in [-0.3, -0.25) is 0 Å². The number of halogens is 1. The van der Waals surface area contributed by atoms with E-state index in [1.807, 2.05) is 72.8 Å². The van der Waals surface area contributed by atoms with Crippen LogP contribution in [0.1, 0.15) is 5.56 Å². The van der Waals surface area contributed by atoms with Gasteiger partial charge in [-0.15, -0.1) is 0 Å². The molecule has 0 bridgehead atoms. The van der Waals surface area contributed by atoms with Gasteiger partial charge >= 0.3 is 0 Å². The van der Waals surface area contributed by atoms with E-state index in [2.05, 4.69) is 53.2 Å². The summed E-state index contributed by atoms with van der Waals surface area (Å²) in [5.74, 6) is 0. The predicted molar refractivity (Wildman–Crippen MR) is 124 cm³/mol. The molecule has 0 heterocycles. The van der Waals surface area contributed by atoms with Gasteiger partial charge < -0.3 is 4.57 Å². The van der Waals surface area contributed by atoms with Crippen LogP contribution in [-0.2, 0) is 4.57 Å². The quantitative estimate of drug-likeness (QED) is 0.348. The third kappa shape index (κ3) is 3.39. The van der Waals surface area contributed by atoms with Crippen molar-refractivity contribution in [2.45, 2.75) is 6.92 Å². The Kier molecular flexibility index (Phi) is 5.35. The smallest absolute Gasteiger partial charge is 0.172 e. The maximum absolute atomic E-state index is 14.7. The molecule has 0 radical (unpaired) electrons. The highest BCUT2D eigenvalue weighted by Gasteiger charge is 2.32. The predicted octanol–water partition coefficient (Wildman–Crippen LogP) is 6.06. The summed E-state index contributed by atoms with van der Waals surface area (Å²) in [4.78, 5) is 0. The lowest BCUT2D eigenvalue weighted by Crippen LogP contribution is -2.26. The molecule has 0 aromatic heterocycles. The van der Waals surface area contributed by atoms with Crippen LogP contribution >= 0.6 is 23.1 Å². The van der Waals surface area contributed by atoms with Crippen molar-refractivity contribution in [3.8, 4) is 11.1 Å². The maximum Gasteiger partial charge on any atom is 0.172 e. The van der Waals surface area contributed by atoms with Crippen molar-refractivity contribution in [1.29, 1.82) is 0 Å². The molecule has 0 amide bonds. The zero-order valence-corrected chi connectivity index (χ0v) is 18.0. The Labute approximate surface area is 174 Å². The lowest BCUT2D eigenvalue weighted by molar-refractivity contribution is 0.592. The van der Waals surface area contributed by atoms with Crippen LogP contribution in [0.3, 0.4) is 0 Å². The second-order valence-corrected chi connectivity index (χ2v) is 10.3. The number of hydrogen-bond acceptors (Lipinski definition) is 1. The van der Waals surface area contributed by atoms with Gasteiger partial charge in [-0.2, -0.15) is 0 Å². The molecular formula is C25H20BrOP. The first-order valence-corrected chi connectivity index (χ1v) is 11.7. The molecule has 4 aromatic carbocycles. The van der Waals surface area contributed by atoms with Crippen molar-refractivity contribution in [3.63, 3.8) is 0 Å². The monoisotopic (exact) mass is 446 g/mol. The average molecular weight is 447 g/mol. The van der Waals surface area contributed by atoms with Gasteiger partial charge in [-0.1, -0.05) is 103 Å². The fourth-order valence-corrected chi connectivity index (χ4v) is 7.48. The molecule has 0 saturated heterocycles. The van der Waals surface area contributed by atoms with Crippen LogP contribution < -0.4 is 15.9 Å². The highest BCUT2D eigenvalue weighted by atomic mass is 79.9. The molecule has 3 heteroatoms. The van der Waals surface area contributed by atoms with Crippen LogP contribution in [0.15, 0.2) is 108 Å². The van der Waals surface area contributed by atoms with Gasteiger partial charge in [0.05, 0.1) is 0 Å². The summed E-state index contributed by atoms with van der Waals surface area (Å²) in [6.45, 7) is 2.08. The minimum Gasteiger partial charge on any atom is -0.309 e. The van der Waals surface area contributed by atoms with Gasteiger partial charge in [-0.05, 0) is 40.0 Å². The molecule has 0 N–H and O–H groups in total. The van der Waals surface area contributed by atoms with Crippen LogP contribution in [0, 0.1) is 6.92 Å². The first-order chi connectivity index (χ1) is 13.6. The summed E-state index contributed by atoms with van der Waals surface area (Å²) in [5, 5.41) is 2.50. The van der Waals surface area contributed by atoms with E-state index in [-0.39, 0.29) is 0 Å². The topological polar surface area (TPSA) is 17.1 Å². The van der Waals surface area contributed by atoms with Crippen molar-refractivity contribution in [1.82, 2.24) is 0 Å². The Morgan fingerprint density at radius 1 is 0.679 bits per heavy atom. The summed E-state index contributed by atoms with van der Waals surface area (Å²) >= 11 is 3.80. The van der Waals surface area contributed by atoms with E-state index in [1.165, 1.54) is 5.56 Å². The third-order valence-electron chi connectivity index (χ3n) is 4.89. The number of benzene rings is 4. The van der Waals surface area contributed by atoms with Crippen molar-refractivity contribution in [2.75, 3.05) is 0 Å². The zero-order valence-electron chi connectivity index (χ0n) is 15.5. The second-order valence-electron chi connectivity index (χ2n) is 6.79. The molecule has 4 rings (SSSR count). The van der Waals surface area contributed by atoms with E-state index in [9.17, 15) is 4.57 Å². The van der Waals surface area contributed by atoms with Crippen molar-refractivity contribution in [3.05, 3.63) is 113 Å². The van der Waals surface area contributed by atoms with Crippen molar-refractivity contribution >= 4 is 39.0 Å². The number of hydrogen-bond donors (Lipinski definition) is 0. The molecule has 138 valence electrons. The minimum absolute atomic E-state index is 0.823. The molecule has 0 fully saturated rings. The van der Waals surface area contributed by atoms with Gasteiger partial charge in [0, 0.05) is 20.4 Å². The van der Waals surface area contributed by atoms with Gasteiger partial charge in [0.15, 0.2) is 7.14 Å². The van der Waals surface area contributed by atoms with Crippen LogP contribution in [0.4, 0.5) is 0 Å². The Hall–Kier alpha value is -2.41. The average Bonchev–Trinajstić information content (AvgIpc) is 2.74. The highest BCUT2D eigenvalue weighted by Crippen LogP contribution is 2.46. The third-order valence-corrected chi connectivity index (χ3v) is 9.15. The highest BCUT2D eigenvalue weighted by molar-refractivity contribution is 9.10. The number of aryl methyl sites for hydroxylation is 1. The summed E-state index contributed by atoms with van der Waals surface area (Å²) in [6, 6.07) is 34.0. The maximum atomic E-state index is 14.7. The Bertz CT molecular complexity index is 1110. The summed E-state index contributed by atoms with van der Waals surface area (Å²) in [5.41, 5.74) is 3.36. The number of rotatable bonds is 4. The molecule has 28 heavy (non-hydrogen) atoms. The molecule has 0 aliphatic rings. The molecule has 0 aliphatic heterocycles. The molecule has 0 saturated carbocycles.